The summed E-state index contributed by atoms with van der Waals surface area (Å²) in [6.45, 7) is 5.22. The van der Waals surface area contributed by atoms with Crippen LogP contribution in [-0.4, -0.2) is 41.6 Å². The first kappa shape index (κ1) is 16.0. The van der Waals surface area contributed by atoms with Gasteiger partial charge in [0, 0.05) is 18.7 Å². The molecule has 0 bridgehead atoms. The van der Waals surface area contributed by atoms with Gasteiger partial charge in [0.2, 0.25) is 11.8 Å². The Bertz CT molecular complexity index is 734. The Morgan fingerprint density at radius 3 is 2.88 bits per heavy atom. The number of hydrogen-bond acceptors (Lipinski definition) is 6. The van der Waals surface area contributed by atoms with Gasteiger partial charge in [0.05, 0.1) is 30.5 Å². The topological polar surface area (TPSA) is 100 Å². The smallest absolute Gasteiger partial charge is 0.239 e. The lowest BCUT2D eigenvalue weighted by Gasteiger charge is -2.27. The molecule has 3 heterocycles. The summed E-state index contributed by atoms with van der Waals surface area (Å²) in [6, 6.07) is 3.57. The summed E-state index contributed by atoms with van der Waals surface area (Å²) in [5.74, 6) is 1.20. The molecule has 0 radical (unpaired) electrons. The van der Waals surface area contributed by atoms with Crippen molar-refractivity contribution in [2.75, 3.05) is 29.9 Å². The number of piperazine rings is 1. The number of carbonyl (C=O) groups is 2. The summed E-state index contributed by atoms with van der Waals surface area (Å²) in [5.41, 5.74) is 2.13. The maximum Gasteiger partial charge on any atom is 0.239 e. The third-order valence-corrected chi connectivity index (χ3v) is 3.91. The second kappa shape index (κ2) is 6.69. The van der Waals surface area contributed by atoms with E-state index in [0.29, 0.717) is 30.4 Å². The molecule has 0 unspecified atom stereocenters. The van der Waals surface area contributed by atoms with Crippen molar-refractivity contribution in [2.24, 2.45) is 0 Å². The van der Waals surface area contributed by atoms with Gasteiger partial charge in [0.1, 0.15) is 11.6 Å². The molecule has 2 amide bonds. The molecule has 2 aromatic rings. The highest BCUT2D eigenvalue weighted by atomic mass is 16.5. The summed E-state index contributed by atoms with van der Waals surface area (Å²) in [4.78, 5) is 29.8. The molecule has 1 aliphatic heterocycles. The maximum absolute atomic E-state index is 12.1. The lowest BCUT2D eigenvalue weighted by atomic mass is 10.1. The molecule has 2 aromatic heterocycles. The molecule has 24 heavy (non-hydrogen) atoms. The van der Waals surface area contributed by atoms with Crippen molar-refractivity contribution >= 4 is 23.3 Å². The van der Waals surface area contributed by atoms with E-state index in [4.69, 9.17) is 4.52 Å². The molecule has 8 nitrogen and oxygen atoms in total. The molecule has 1 fully saturated rings. The first-order valence-corrected chi connectivity index (χ1v) is 7.72. The van der Waals surface area contributed by atoms with Gasteiger partial charge in [-0.05, 0) is 26.0 Å². The van der Waals surface area contributed by atoms with Crippen LogP contribution in [0.1, 0.15) is 17.0 Å². The lowest BCUT2D eigenvalue weighted by molar-refractivity contribution is -0.120. The van der Waals surface area contributed by atoms with Crippen LogP contribution in [-0.2, 0) is 16.0 Å². The summed E-state index contributed by atoms with van der Waals surface area (Å²) in [6.07, 6.45) is 1.79. The second-order valence-corrected chi connectivity index (χ2v) is 5.70. The largest absolute Gasteiger partial charge is 0.361 e. The van der Waals surface area contributed by atoms with E-state index in [9.17, 15) is 9.59 Å². The van der Waals surface area contributed by atoms with E-state index >= 15 is 0 Å². The SMILES string of the molecule is Cc1noc(C)c1CC(=O)Nc1ccc(N2CCNC(=O)C2)nc1. The van der Waals surface area contributed by atoms with E-state index in [-0.39, 0.29) is 18.2 Å². The van der Waals surface area contributed by atoms with Gasteiger partial charge in [0.25, 0.3) is 0 Å². The fourth-order valence-electron chi connectivity index (χ4n) is 2.60. The van der Waals surface area contributed by atoms with Gasteiger partial charge < -0.3 is 20.1 Å². The minimum Gasteiger partial charge on any atom is -0.361 e. The van der Waals surface area contributed by atoms with Crippen LogP contribution in [0.25, 0.3) is 0 Å². The fraction of sp³-hybridized carbons (Fsp3) is 0.375. The van der Waals surface area contributed by atoms with Crippen LogP contribution in [0.4, 0.5) is 11.5 Å². The summed E-state index contributed by atoms with van der Waals surface area (Å²) < 4.78 is 5.06. The number of nitrogens with zero attached hydrogens (tertiary/aromatic N) is 3. The normalized spacial score (nSPS) is 14.4. The molecular formula is C16H19N5O3. The third-order valence-electron chi connectivity index (χ3n) is 3.91. The summed E-state index contributed by atoms with van der Waals surface area (Å²) >= 11 is 0. The van der Waals surface area contributed by atoms with Crippen LogP contribution in [0.2, 0.25) is 0 Å². The number of nitrogens with one attached hydrogen (secondary N) is 2. The van der Waals surface area contributed by atoms with E-state index < -0.39 is 0 Å². The molecule has 0 aliphatic carbocycles. The van der Waals surface area contributed by atoms with Crippen LogP contribution in [0, 0.1) is 13.8 Å². The molecule has 126 valence electrons. The van der Waals surface area contributed by atoms with Gasteiger partial charge in [-0.3, -0.25) is 9.59 Å². The standard InChI is InChI=1S/C16H19N5O3/c1-10-13(11(2)24-20-10)7-15(22)19-12-3-4-14(18-8-12)21-6-5-17-16(23)9-21/h3-4,8H,5-7,9H2,1-2H3,(H,17,23)(H,19,22). The highest BCUT2D eigenvalue weighted by Crippen LogP contribution is 2.17. The van der Waals surface area contributed by atoms with Crippen LogP contribution in [0.3, 0.4) is 0 Å². The average Bonchev–Trinajstić information content (AvgIpc) is 2.87. The number of aromatic nitrogens is 2. The monoisotopic (exact) mass is 329 g/mol. The van der Waals surface area contributed by atoms with Gasteiger partial charge in [-0.15, -0.1) is 0 Å². The van der Waals surface area contributed by atoms with Gasteiger partial charge in [-0.1, -0.05) is 5.16 Å². The predicted octanol–water partition coefficient (Wildman–Crippen LogP) is 0.804. The molecule has 8 heteroatoms. The molecule has 2 N–H and O–H groups in total. The maximum atomic E-state index is 12.1. The van der Waals surface area contributed by atoms with Crippen molar-refractivity contribution in [3.8, 4) is 0 Å². The van der Waals surface area contributed by atoms with E-state index in [1.807, 2.05) is 11.8 Å². The Hall–Kier alpha value is -2.90. The molecule has 0 saturated carbocycles. The van der Waals surface area contributed by atoms with Crippen molar-refractivity contribution in [3.63, 3.8) is 0 Å². The van der Waals surface area contributed by atoms with Crippen LogP contribution < -0.4 is 15.5 Å². The molecule has 1 saturated heterocycles. The molecule has 0 aromatic carbocycles. The molecular weight excluding hydrogens is 310 g/mol. The lowest BCUT2D eigenvalue weighted by Crippen LogP contribution is -2.48. The highest BCUT2D eigenvalue weighted by Gasteiger charge is 2.17. The molecule has 0 atom stereocenters. The Labute approximate surface area is 139 Å². The van der Waals surface area contributed by atoms with Crippen LogP contribution in [0.5, 0.6) is 0 Å². The summed E-state index contributed by atoms with van der Waals surface area (Å²) in [7, 11) is 0. The van der Waals surface area contributed by atoms with Crippen molar-refractivity contribution in [1.82, 2.24) is 15.5 Å². The number of hydrogen-bond donors (Lipinski definition) is 2. The Kier molecular flexibility index (Phi) is 4.45. The van der Waals surface area contributed by atoms with Crippen molar-refractivity contribution < 1.29 is 14.1 Å². The first-order valence-electron chi connectivity index (χ1n) is 7.72. The zero-order chi connectivity index (χ0) is 17.1. The van der Waals surface area contributed by atoms with Gasteiger partial charge in [-0.2, -0.15) is 0 Å². The predicted molar refractivity (Wildman–Crippen MR) is 87.8 cm³/mol. The zero-order valence-corrected chi connectivity index (χ0v) is 13.6. The number of pyridine rings is 1. The second-order valence-electron chi connectivity index (χ2n) is 5.70. The van der Waals surface area contributed by atoms with E-state index in [2.05, 4.69) is 20.8 Å². The minimum absolute atomic E-state index is 0.0140. The minimum atomic E-state index is -0.156. The van der Waals surface area contributed by atoms with Crippen molar-refractivity contribution in [1.29, 1.82) is 0 Å². The number of anilines is 2. The number of amides is 2. The summed E-state index contributed by atoms with van der Waals surface area (Å²) in [5, 5.41) is 9.42. The Balaban J connectivity index is 1.61. The van der Waals surface area contributed by atoms with Crippen molar-refractivity contribution in [3.05, 3.63) is 35.3 Å². The van der Waals surface area contributed by atoms with E-state index in [1.165, 1.54) is 0 Å². The van der Waals surface area contributed by atoms with Crippen molar-refractivity contribution in [2.45, 2.75) is 20.3 Å². The van der Waals surface area contributed by atoms with Gasteiger partial charge in [0.15, 0.2) is 0 Å². The Morgan fingerprint density at radius 1 is 1.42 bits per heavy atom. The third kappa shape index (κ3) is 3.53. The molecule has 3 rings (SSSR count). The Morgan fingerprint density at radius 2 is 2.25 bits per heavy atom. The quantitative estimate of drug-likeness (QED) is 0.861. The zero-order valence-electron chi connectivity index (χ0n) is 13.6. The average molecular weight is 329 g/mol. The number of carbonyl (C=O) groups excluding carboxylic acids is 2. The highest BCUT2D eigenvalue weighted by molar-refractivity contribution is 5.92. The van der Waals surface area contributed by atoms with Crippen LogP contribution in [0.15, 0.2) is 22.9 Å². The van der Waals surface area contributed by atoms with E-state index in [0.717, 1.165) is 17.8 Å². The fourth-order valence-corrected chi connectivity index (χ4v) is 2.60. The number of aryl methyl sites for hydroxylation is 2. The molecule has 1 aliphatic rings. The van der Waals surface area contributed by atoms with Gasteiger partial charge in [-0.25, -0.2) is 4.98 Å². The number of rotatable bonds is 4. The van der Waals surface area contributed by atoms with E-state index in [1.54, 1.807) is 25.3 Å². The molecule has 0 spiro atoms. The van der Waals surface area contributed by atoms with Crippen LogP contribution >= 0.6 is 0 Å². The van der Waals surface area contributed by atoms with Gasteiger partial charge >= 0.3 is 0 Å². The first-order chi connectivity index (χ1) is 11.5.